The van der Waals surface area contributed by atoms with Crippen LogP contribution in [0.15, 0.2) is 90.3 Å². The zero-order valence-electron chi connectivity index (χ0n) is 21.9. The third-order valence-corrected chi connectivity index (χ3v) is 7.33. The minimum absolute atomic E-state index is 0.115. The Labute approximate surface area is 222 Å². The molecule has 0 spiro atoms. The quantitative estimate of drug-likeness (QED) is 0.288. The molecule has 6 heteroatoms. The average Bonchev–Trinajstić information content (AvgIpc) is 3.45. The molecule has 0 aliphatic carbocycles. The predicted octanol–water partition coefficient (Wildman–Crippen LogP) is 6.05. The lowest BCUT2D eigenvalue weighted by Gasteiger charge is -2.27. The number of amides is 1. The number of ketones is 1. The molecule has 3 aromatic carbocycles. The van der Waals surface area contributed by atoms with Crippen molar-refractivity contribution in [2.45, 2.75) is 38.6 Å². The van der Waals surface area contributed by atoms with E-state index in [0.717, 1.165) is 33.3 Å². The number of hydrogen-bond donors (Lipinski definition) is 2. The molecule has 1 aromatic heterocycles. The summed E-state index contributed by atoms with van der Waals surface area (Å²) in [4.78, 5) is 31.8. The number of carbonyl (C=O) groups is 2. The zero-order chi connectivity index (χ0) is 26.8. The molecule has 0 fully saturated rings. The number of aromatic amines is 1. The molecule has 194 valence electrons. The van der Waals surface area contributed by atoms with Crippen molar-refractivity contribution in [2.75, 3.05) is 13.7 Å². The van der Waals surface area contributed by atoms with Crippen molar-refractivity contribution < 1.29 is 19.4 Å². The highest BCUT2D eigenvalue weighted by Gasteiger charge is 2.43. The molecule has 2 N–H and O–H groups in total. The number of carbonyl (C=O) groups excluding carboxylic acids is 2. The van der Waals surface area contributed by atoms with Crippen LogP contribution in [0.3, 0.4) is 0 Å². The Morgan fingerprint density at radius 3 is 2.47 bits per heavy atom. The zero-order valence-corrected chi connectivity index (χ0v) is 21.9. The number of aliphatic hydroxyl groups is 1. The lowest BCUT2D eigenvalue weighted by molar-refractivity contribution is -0.129. The van der Waals surface area contributed by atoms with Gasteiger partial charge in [0.25, 0.3) is 5.91 Å². The smallest absolute Gasteiger partial charge is 0.290 e. The number of rotatable bonds is 9. The molecule has 6 nitrogen and oxygen atoms in total. The van der Waals surface area contributed by atoms with Gasteiger partial charge in [-0.3, -0.25) is 9.59 Å². The number of methoxy groups -OCH3 is 1. The summed E-state index contributed by atoms with van der Waals surface area (Å²) < 4.78 is 5.39. The molecule has 0 unspecified atom stereocenters. The van der Waals surface area contributed by atoms with E-state index in [0.29, 0.717) is 18.9 Å². The van der Waals surface area contributed by atoms with Crippen LogP contribution in [0.2, 0.25) is 0 Å². The van der Waals surface area contributed by atoms with Crippen LogP contribution >= 0.6 is 0 Å². The second-order valence-corrected chi connectivity index (χ2v) is 10.0. The van der Waals surface area contributed by atoms with Crippen molar-refractivity contribution in [1.29, 1.82) is 0 Å². The Kier molecular flexibility index (Phi) is 7.05. The minimum Gasteiger partial charge on any atom is -0.503 e. The van der Waals surface area contributed by atoms with Crippen LogP contribution in [0.5, 0.6) is 5.75 Å². The van der Waals surface area contributed by atoms with Crippen LogP contribution in [-0.2, 0) is 22.4 Å². The largest absolute Gasteiger partial charge is 0.503 e. The van der Waals surface area contributed by atoms with Crippen LogP contribution in [0.1, 0.15) is 48.1 Å². The Morgan fingerprint density at radius 1 is 1.05 bits per heavy atom. The van der Waals surface area contributed by atoms with E-state index in [1.807, 2.05) is 79.0 Å². The van der Waals surface area contributed by atoms with Gasteiger partial charge in [0.1, 0.15) is 5.75 Å². The van der Waals surface area contributed by atoms with Crippen LogP contribution in [-0.4, -0.2) is 40.3 Å². The predicted molar refractivity (Wildman–Crippen MR) is 148 cm³/mol. The Morgan fingerprint density at radius 2 is 1.79 bits per heavy atom. The second kappa shape index (κ2) is 10.6. The van der Waals surface area contributed by atoms with Gasteiger partial charge in [-0.15, -0.1) is 0 Å². The molecule has 2 heterocycles. The summed E-state index contributed by atoms with van der Waals surface area (Å²) in [5.74, 6) is -0.111. The van der Waals surface area contributed by atoms with Crippen molar-refractivity contribution >= 4 is 22.6 Å². The summed E-state index contributed by atoms with van der Waals surface area (Å²) in [5, 5.41) is 12.0. The standard InChI is InChI=1S/C32H32N2O4/c1-20(2)22-9-11-23(12-10-22)30-29(28(35)17-21-7-5-4-6-8-21)31(36)32(37)34(30)16-15-24-19-33-27-14-13-25(38-3)18-26(24)27/h4-14,18-20,30,33,36H,15-17H2,1-3H3/t30-/m0/s1. The van der Waals surface area contributed by atoms with E-state index in [9.17, 15) is 14.7 Å². The fourth-order valence-corrected chi connectivity index (χ4v) is 5.19. The summed E-state index contributed by atoms with van der Waals surface area (Å²) in [6.45, 7) is 4.58. The third kappa shape index (κ3) is 4.82. The van der Waals surface area contributed by atoms with Gasteiger partial charge in [-0.05, 0) is 52.8 Å². The van der Waals surface area contributed by atoms with Crippen LogP contribution in [0.25, 0.3) is 10.9 Å². The van der Waals surface area contributed by atoms with Crippen molar-refractivity contribution in [3.05, 3.63) is 113 Å². The van der Waals surface area contributed by atoms with E-state index in [-0.39, 0.29) is 17.8 Å². The maximum absolute atomic E-state index is 13.5. The summed E-state index contributed by atoms with van der Waals surface area (Å²) in [6, 6.07) is 22.6. The van der Waals surface area contributed by atoms with Gasteiger partial charge >= 0.3 is 0 Å². The number of benzene rings is 3. The maximum atomic E-state index is 13.5. The van der Waals surface area contributed by atoms with Crippen LogP contribution in [0.4, 0.5) is 0 Å². The number of H-pyrrole nitrogens is 1. The van der Waals surface area contributed by atoms with E-state index in [2.05, 4.69) is 18.8 Å². The van der Waals surface area contributed by atoms with Gasteiger partial charge in [-0.1, -0.05) is 68.4 Å². The van der Waals surface area contributed by atoms with Crippen molar-refractivity contribution in [2.24, 2.45) is 0 Å². The summed E-state index contributed by atoms with van der Waals surface area (Å²) in [6.07, 6.45) is 2.60. The number of aromatic nitrogens is 1. The van der Waals surface area contributed by atoms with E-state index >= 15 is 0 Å². The lowest BCUT2D eigenvalue weighted by Crippen LogP contribution is -2.33. The molecule has 4 aromatic rings. The first-order valence-electron chi connectivity index (χ1n) is 12.9. The molecular weight excluding hydrogens is 476 g/mol. The topological polar surface area (TPSA) is 82.6 Å². The van der Waals surface area contributed by atoms with Gasteiger partial charge in [0.2, 0.25) is 0 Å². The SMILES string of the molecule is COc1ccc2[nH]cc(CCN3C(=O)C(O)=C(C(=O)Cc4ccccc4)[C@@H]3c3ccc(C(C)C)cc3)c2c1. The van der Waals surface area contributed by atoms with Gasteiger partial charge in [0.15, 0.2) is 11.5 Å². The highest BCUT2D eigenvalue weighted by molar-refractivity contribution is 6.09. The number of ether oxygens (including phenoxy) is 1. The third-order valence-electron chi connectivity index (χ3n) is 7.33. The second-order valence-electron chi connectivity index (χ2n) is 10.0. The highest BCUT2D eigenvalue weighted by Crippen LogP contribution is 2.39. The first kappa shape index (κ1) is 25.3. The fourth-order valence-electron chi connectivity index (χ4n) is 5.19. The summed E-state index contributed by atoms with van der Waals surface area (Å²) >= 11 is 0. The van der Waals surface area contributed by atoms with E-state index in [1.54, 1.807) is 12.0 Å². The van der Waals surface area contributed by atoms with E-state index in [4.69, 9.17) is 4.74 Å². The number of fused-ring (bicyclic) bond motifs is 1. The van der Waals surface area contributed by atoms with E-state index < -0.39 is 17.7 Å². The van der Waals surface area contributed by atoms with E-state index in [1.165, 1.54) is 5.56 Å². The van der Waals surface area contributed by atoms with Crippen LogP contribution in [0, 0.1) is 0 Å². The number of hydrogen-bond acceptors (Lipinski definition) is 4. The first-order chi connectivity index (χ1) is 18.4. The summed E-state index contributed by atoms with van der Waals surface area (Å²) in [5.41, 5.74) is 4.99. The average molecular weight is 509 g/mol. The maximum Gasteiger partial charge on any atom is 0.290 e. The van der Waals surface area contributed by atoms with Gasteiger partial charge in [-0.2, -0.15) is 0 Å². The molecular formula is C32H32N2O4. The molecule has 1 atom stereocenters. The highest BCUT2D eigenvalue weighted by atomic mass is 16.5. The Balaban J connectivity index is 1.48. The number of nitrogens with one attached hydrogen (secondary N) is 1. The monoisotopic (exact) mass is 508 g/mol. The molecule has 0 radical (unpaired) electrons. The first-order valence-corrected chi connectivity index (χ1v) is 12.9. The molecule has 1 aliphatic rings. The van der Waals surface area contributed by atoms with Gasteiger partial charge in [0, 0.05) is 30.1 Å². The normalized spacial score (nSPS) is 15.6. The number of nitrogens with zero attached hydrogens (tertiary/aromatic N) is 1. The Hall–Kier alpha value is -4.32. The number of Topliss-reactive ketones (excluding diaryl/α,β-unsaturated/α-hetero) is 1. The molecule has 1 amide bonds. The fraction of sp³-hybridized carbons (Fsp3) is 0.250. The number of aliphatic hydroxyl groups excluding tert-OH is 1. The summed E-state index contributed by atoms with van der Waals surface area (Å²) in [7, 11) is 1.63. The molecule has 38 heavy (non-hydrogen) atoms. The lowest BCUT2D eigenvalue weighted by atomic mass is 9.91. The van der Waals surface area contributed by atoms with Gasteiger partial charge in [0.05, 0.1) is 18.7 Å². The van der Waals surface area contributed by atoms with Gasteiger partial charge < -0.3 is 19.7 Å². The molecule has 0 saturated carbocycles. The molecule has 0 saturated heterocycles. The van der Waals surface area contributed by atoms with Crippen LogP contribution < -0.4 is 4.74 Å². The van der Waals surface area contributed by atoms with Crippen molar-refractivity contribution in [3.63, 3.8) is 0 Å². The van der Waals surface area contributed by atoms with Crippen molar-refractivity contribution in [3.8, 4) is 5.75 Å². The molecule has 5 rings (SSSR count). The van der Waals surface area contributed by atoms with Gasteiger partial charge in [-0.25, -0.2) is 0 Å². The van der Waals surface area contributed by atoms with Crippen molar-refractivity contribution in [1.82, 2.24) is 9.88 Å². The minimum atomic E-state index is -0.653. The molecule has 0 bridgehead atoms. The molecule has 1 aliphatic heterocycles. The Bertz CT molecular complexity index is 1500.